The summed E-state index contributed by atoms with van der Waals surface area (Å²) in [5.74, 6) is 0.246. The lowest BCUT2D eigenvalue weighted by Crippen LogP contribution is -2.24. The molecule has 1 heterocycles. The Hall–Kier alpha value is -1.27. The van der Waals surface area contributed by atoms with Gasteiger partial charge in [0, 0.05) is 5.56 Å². The van der Waals surface area contributed by atoms with Gasteiger partial charge in [0.25, 0.3) is 5.89 Å². The third-order valence-electron chi connectivity index (χ3n) is 3.41. The lowest BCUT2D eigenvalue weighted by Gasteiger charge is -2.16. The van der Waals surface area contributed by atoms with Gasteiger partial charge in [0.15, 0.2) is 0 Å². The van der Waals surface area contributed by atoms with Gasteiger partial charge in [-0.05, 0) is 59.8 Å². The quantitative estimate of drug-likeness (QED) is 0.940. The Morgan fingerprint density at radius 2 is 2.21 bits per heavy atom. The minimum atomic E-state index is -1.10. The van der Waals surface area contributed by atoms with Crippen molar-refractivity contribution in [2.75, 3.05) is 0 Å². The van der Waals surface area contributed by atoms with Gasteiger partial charge in [-0.15, -0.1) is 0 Å². The topological polar surface area (TPSA) is 59.2 Å². The van der Waals surface area contributed by atoms with E-state index in [1.54, 1.807) is 19.1 Å². The SMILES string of the molecule is CC(O)(c1nc(-c2ccc(Br)c(F)c2)no1)C1CC1. The van der Waals surface area contributed by atoms with Crippen molar-refractivity contribution in [3.05, 3.63) is 34.4 Å². The first-order valence-corrected chi connectivity index (χ1v) is 6.80. The summed E-state index contributed by atoms with van der Waals surface area (Å²) < 4.78 is 19.0. The van der Waals surface area contributed by atoms with Crippen molar-refractivity contribution in [3.8, 4) is 11.4 Å². The van der Waals surface area contributed by atoms with E-state index >= 15 is 0 Å². The Labute approximate surface area is 117 Å². The molecule has 19 heavy (non-hydrogen) atoms. The molecule has 1 atom stereocenters. The molecule has 0 aliphatic heterocycles. The van der Waals surface area contributed by atoms with E-state index in [1.807, 2.05) is 0 Å². The molecule has 6 heteroatoms. The van der Waals surface area contributed by atoms with Crippen LogP contribution in [0.3, 0.4) is 0 Å². The first-order valence-electron chi connectivity index (χ1n) is 6.00. The van der Waals surface area contributed by atoms with Crippen LogP contribution in [0.25, 0.3) is 11.4 Å². The van der Waals surface area contributed by atoms with Crippen LogP contribution >= 0.6 is 15.9 Å². The summed E-state index contributed by atoms with van der Waals surface area (Å²) in [6.45, 7) is 1.67. The molecule has 1 saturated carbocycles. The van der Waals surface area contributed by atoms with Crippen LogP contribution in [0, 0.1) is 11.7 Å². The minimum Gasteiger partial charge on any atom is -0.380 e. The summed E-state index contributed by atoms with van der Waals surface area (Å²) in [6.07, 6.45) is 1.91. The molecule has 1 aliphatic rings. The fourth-order valence-corrected chi connectivity index (χ4v) is 2.25. The summed E-state index contributed by atoms with van der Waals surface area (Å²) in [6, 6.07) is 4.60. The zero-order chi connectivity index (χ0) is 13.6. The molecule has 2 aromatic rings. The summed E-state index contributed by atoms with van der Waals surface area (Å²) in [7, 11) is 0. The average Bonchev–Trinajstić information content (AvgIpc) is 3.11. The van der Waals surface area contributed by atoms with Crippen molar-refractivity contribution in [1.82, 2.24) is 10.1 Å². The summed E-state index contributed by atoms with van der Waals surface area (Å²) in [5.41, 5.74) is -0.582. The Kier molecular flexibility index (Phi) is 2.94. The number of nitrogens with zero attached hydrogens (tertiary/aromatic N) is 2. The van der Waals surface area contributed by atoms with E-state index in [4.69, 9.17) is 4.52 Å². The van der Waals surface area contributed by atoms with E-state index in [0.717, 1.165) is 12.8 Å². The highest BCUT2D eigenvalue weighted by molar-refractivity contribution is 9.10. The second-order valence-corrected chi connectivity index (χ2v) is 5.83. The summed E-state index contributed by atoms with van der Waals surface area (Å²) >= 11 is 3.09. The van der Waals surface area contributed by atoms with Gasteiger partial charge in [-0.2, -0.15) is 4.98 Å². The zero-order valence-corrected chi connectivity index (χ0v) is 11.8. The van der Waals surface area contributed by atoms with Crippen LogP contribution < -0.4 is 0 Å². The van der Waals surface area contributed by atoms with Crippen LogP contribution in [0.15, 0.2) is 27.2 Å². The van der Waals surface area contributed by atoms with Gasteiger partial charge >= 0.3 is 0 Å². The van der Waals surface area contributed by atoms with Crippen LogP contribution in [-0.2, 0) is 5.60 Å². The first-order chi connectivity index (χ1) is 8.98. The molecule has 0 amide bonds. The Balaban J connectivity index is 1.94. The van der Waals surface area contributed by atoms with Crippen LogP contribution in [0.2, 0.25) is 0 Å². The fraction of sp³-hybridized carbons (Fsp3) is 0.385. The van der Waals surface area contributed by atoms with Gasteiger partial charge < -0.3 is 9.63 Å². The van der Waals surface area contributed by atoms with Crippen molar-refractivity contribution in [2.24, 2.45) is 5.92 Å². The molecule has 0 radical (unpaired) electrons. The maximum absolute atomic E-state index is 13.5. The fourth-order valence-electron chi connectivity index (χ4n) is 2.00. The number of benzene rings is 1. The van der Waals surface area contributed by atoms with Crippen molar-refractivity contribution in [2.45, 2.75) is 25.4 Å². The molecule has 100 valence electrons. The van der Waals surface area contributed by atoms with Gasteiger partial charge in [0.05, 0.1) is 4.47 Å². The number of rotatable bonds is 3. The molecular weight excluding hydrogens is 315 g/mol. The molecule has 3 rings (SSSR count). The predicted molar refractivity (Wildman–Crippen MR) is 69.7 cm³/mol. The van der Waals surface area contributed by atoms with E-state index < -0.39 is 11.4 Å². The molecule has 1 aliphatic carbocycles. The van der Waals surface area contributed by atoms with E-state index in [0.29, 0.717) is 10.0 Å². The Morgan fingerprint density at radius 1 is 1.47 bits per heavy atom. The van der Waals surface area contributed by atoms with Gasteiger partial charge in [-0.1, -0.05) is 5.16 Å². The van der Waals surface area contributed by atoms with Crippen LogP contribution in [0.1, 0.15) is 25.7 Å². The van der Waals surface area contributed by atoms with Gasteiger partial charge in [0.1, 0.15) is 11.4 Å². The van der Waals surface area contributed by atoms with E-state index in [2.05, 4.69) is 26.1 Å². The molecule has 4 nitrogen and oxygen atoms in total. The summed E-state index contributed by atoms with van der Waals surface area (Å²) in [4.78, 5) is 4.17. The highest BCUT2D eigenvalue weighted by Crippen LogP contribution is 2.45. The van der Waals surface area contributed by atoms with Crippen LogP contribution in [0.4, 0.5) is 4.39 Å². The van der Waals surface area contributed by atoms with E-state index in [9.17, 15) is 9.50 Å². The number of hydrogen-bond donors (Lipinski definition) is 1. The molecule has 1 N–H and O–H groups in total. The lowest BCUT2D eigenvalue weighted by molar-refractivity contribution is 0.000916. The standard InChI is InChI=1S/C13H12BrFN2O2/c1-13(18,8-3-4-8)12-16-11(17-19-12)7-2-5-9(14)10(15)6-7/h2,5-6,8,18H,3-4H2,1H3. The van der Waals surface area contributed by atoms with Crippen molar-refractivity contribution in [3.63, 3.8) is 0 Å². The molecule has 1 fully saturated rings. The van der Waals surface area contributed by atoms with Crippen molar-refractivity contribution >= 4 is 15.9 Å². The third-order valence-corrected chi connectivity index (χ3v) is 4.05. The average molecular weight is 327 g/mol. The maximum atomic E-state index is 13.5. The van der Waals surface area contributed by atoms with Gasteiger partial charge in [-0.3, -0.25) is 0 Å². The monoisotopic (exact) mass is 326 g/mol. The molecule has 0 saturated heterocycles. The molecule has 0 spiro atoms. The van der Waals surface area contributed by atoms with Crippen LogP contribution in [-0.4, -0.2) is 15.2 Å². The van der Waals surface area contributed by atoms with E-state index in [1.165, 1.54) is 6.07 Å². The third kappa shape index (κ3) is 2.30. The molecule has 0 bridgehead atoms. The molecule has 1 unspecified atom stereocenters. The second-order valence-electron chi connectivity index (χ2n) is 4.97. The highest BCUT2D eigenvalue weighted by atomic mass is 79.9. The number of hydrogen-bond acceptors (Lipinski definition) is 4. The molecular formula is C13H12BrFN2O2. The van der Waals surface area contributed by atoms with Gasteiger partial charge in [0.2, 0.25) is 5.82 Å². The summed E-state index contributed by atoms with van der Waals surface area (Å²) in [5, 5.41) is 14.1. The number of halogens is 2. The minimum absolute atomic E-state index is 0.169. The highest BCUT2D eigenvalue weighted by Gasteiger charge is 2.45. The smallest absolute Gasteiger partial charge is 0.258 e. The second kappa shape index (κ2) is 4.38. The maximum Gasteiger partial charge on any atom is 0.258 e. The molecule has 1 aromatic heterocycles. The van der Waals surface area contributed by atoms with Gasteiger partial charge in [-0.25, -0.2) is 4.39 Å². The number of aromatic nitrogens is 2. The Morgan fingerprint density at radius 3 is 2.84 bits per heavy atom. The van der Waals surface area contributed by atoms with Crippen LogP contribution in [0.5, 0.6) is 0 Å². The lowest BCUT2D eigenvalue weighted by atomic mass is 10.0. The number of aliphatic hydroxyl groups is 1. The van der Waals surface area contributed by atoms with Crippen molar-refractivity contribution < 1.29 is 14.0 Å². The normalized spacial score (nSPS) is 18.3. The first kappa shape index (κ1) is 12.7. The predicted octanol–water partition coefficient (Wildman–Crippen LogP) is 3.26. The Bertz CT molecular complexity index is 623. The molecule has 1 aromatic carbocycles. The van der Waals surface area contributed by atoms with Crippen molar-refractivity contribution in [1.29, 1.82) is 0 Å². The largest absolute Gasteiger partial charge is 0.380 e. The zero-order valence-electron chi connectivity index (χ0n) is 10.2. The van der Waals surface area contributed by atoms with E-state index in [-0.39, 0.29) is 17.6 Å².